The Balaban J connectivity index is 1.41. The molecule has 0 fully saturated rings. The topological polar surface area (TPSA) is 33.6 Å². The van der Waals surface area contributed by atoms with Gasteiger partial charge >= 0.3 is 0 Å². The molecule has 1 unspecified atom stereocenters. The van der Waals surface area contributed by atoms with Gasteiger partial charge in [0, 0.05) is 39.2 Å². The standard InChI is InChI=1S/C40H31N3/c1-27-21-22-31(42-36-17-6-2-13-32(36)33-14-3-7-18-37(33)42)24-30(29-12-10-11-28(23-29)26-41)25-40(27)43-38-19-8-4-15-34(38)35-16-5-9-20-39(35)43/h2-4,6-15,17-20,22-25,27H,5,16,21H2,1H3/b30-24+,31-22-,40-25+. The zero-order valence-electron chi connectivity index (χ0n) is 24.2. The lowest BCUT2D eigenvalue weighted by Gasteiger charge is -2.24. The fourth-order valence-electron chi connectivity index (χ4n) is 7.02. The van der Waals surface area contributed by atoms with Gasteiger partial charge in [0.05, 0.1) is 28.2 Å². The van der Waals surface area contributed by atoms with E-state index in [1.54, 1.807) is 0 Å². The van der Waals surface area contributed by atoms with Gasteiger partial charge in [0.2, 0.25) is 0 Å². The molecule has 0 saturated heterocycles. The van der Waals surface area contributed by atoms with E-state index in [-0.39, 0.29) is 5.92 Å². The summed E-state index contributed by atoms with van der Waals surface area (Å²) in [6.07, 6.45) is 14.7. The SMILES string of the molecule is CC1C/C=C(n2c3ccccc3c3ccccc32)/C=C(c2cccc(C#N)c2)\C=C/1n1c2c(c3ccccc31)CCC=C2. The molecule has 0 N–H and O–H groups in total. The molecule has 206 valence electrons. The first-order chi connectivity index (χ1) is 21.2. The number of benzene rings is 4. The highest BCUT2D eigenvalue weighted by Gasteiger charge is 2.24. The van der Waals surface area contributed by atoms with E-state index in [1.165, 1.54) is 49.7 Å². The minimum Gasteiger partial charge on any atom is -0.313 e. The fourth-order valence-corrected chi connectivity index (χ4v) is 7.02. The molecule has 2 aromatic heterocycles. The molecule has 0 radical (unpaired) electrons. The smallest absolute Gasteiger partial charge is 0.0991 e. The fraction of sp³-hybridized carbons (Fsp3) is 0.125. The lowest BCUT2D eigenvalue weighted by molar-refractivity contribution is 0.723. The number of aryl methyl sites for hydroxylation is 1. The molecule has 0 amide bonds. The van der Waals surface area contributed by atoms with Crippen molar-refractivity contribution in [2.24, 2.45) is 5.92 Å². The summed E-state index contributed by atoms with van der Waals surface area (Å²) in [4.78, 5) is 0. The molecular weight excluding hydrogens is 522 g/mol. The Morgan fingerprint density at radius 3 is 2.14 bits per heavy atom. The van der Waals surface area contributed by atoms with Gasteiger partial charge in [-0.05, 0) is 84.5 Å². The molecule has 0 aliphatic heterocycles. The molecule has 4 aromatic carbocycles. The lowest BCUT2D eigenvalue weighted by atomic mass is 9.93. The summed E-state index contributed by atoms with van der Waals surface area (Å²) in [7, 11) is 0. The highest BCUT2D eigenvalue weighted by molar-refractivity contribution is 6.11. The maximum atomic E-state index is 9.78. The average molecular weight is 554 g/mol. The van der Waals surface area contributed by atoms with Crippen LogP contribution < -0.4 is 0 Å². The van der Waals surface area contributed by atoms with Gasteiger partial charge in [-0.3, -0.25) is 0 Å². The number of fused-ring (bicyclic) bond motifs is 6. The number of hydrogen-bond acceptors (Lipinski definition) is 1. The molecule has 8 rings (SSSR count). The largest absolute Gasteiger partial charge is 0.313 e. The number of nitriles is 1. The van der Waals surface area contributed by atoms with Gasteiger partial charge in [0.1, 0.15) is 0 Å². The van der Waals surface area contributed by atoms with Crippen molar-refractivity contribution in [1.29, 1.82) is 5.26 Å². The first kappa shape index (κ1) is 25.4. The van der Waals surface area contributed by atoms with Gasteiger partial charge in [-0.2, -0.15) is 5.26 Å². The van der Waals surface area contributed by atoms with E-state index in [1.807, 2.05) is 18.2 Å². The summed E-state index contributed by atoms with van der Waals surface area (Å²) >= 11 is 0. The Bertz CT molecular complexity index is 2190. The van der Waals surface area contributed by atoms with Crippen LogP contribution in [-0.2, 0) is 6.42 Å². The van der Waals surface area contributed by atoms with Crippen LogP contribution in [0, 0.1) is 17.2 Å². The van der Waals surface area contributed by atoms with Crippen molar-refractivity contribution in [3.63, 3.8) is 0 Å². The number of rotatable bonds is 3. The number of para-hydroxylation sites is 3. The van der Waals surface area contributed by atoms with Gasteiger partial charge < -0.3 is 9.13 Å². The summed E-state index contributed by atoms with van der Waals surface area (Å²) < 4.78 is 4.90. The molecule has 0 saturated carbocycles. The molecule has 2 aliphatic rings. The van der Waals surface area contributed by atoms with Crippen molar-refractivity contribution >= 4 is 55.8 Å². The van der Waals surface area contributed by atoms with Gasteiger partial charge in [0.25, 0.3) is 0 Å². The number of aromatic nitrogens is 2. The third-order valence-electron chi connectivity index (χ3n) is 9.07. The summed E-state index contributed by atoms with van der Waals surface area (Å²) in [5.41, 5.74) is 11.6. The van der Waals surface area contributed by atoms with Crippen molar-refractivity contribution in [3.8, 4) is 6.07 Å². The van der Waals surface area contributed by atoms with E-state index in [0.29, 0.717) is 5.56 Å². The van der Waals surface area contributed by atoms with Crippen molar-refractivity contribution in [2.75, 3.05) is 0 Å². The zero-order chi connectivity index (χ0) is 28.9. The highest BCUT2D eigenvalue weighted by atomic mass is 15.0. The van der Waals surface area contributed by atoms with Crippen molar-refractivity contribution in [1.82, 2.24) is 9.13 Å². The number of hydrogen-bond donors (Lipinski definition) is 0. The minimum atomic E-state index is 0.251. The molecule has 43 heavy (non-hydrogen) atoms. The van der Waals surface area contributed by atoms with Crippen LogP contribution in [-0.4, -0.2) is 9.13 Å². The van der Waals surface area contributed by atoms with Crippen LogP contribution in [0.5, 0.6) is 0 Å². The second-order valence-electron chi connectivity index (χ2n) is 11.7. The zero-order valence-corrected chi connectivity index (χ0v) is 24.2. The van der Waals surface area contributed by atoms with E-state index in [4.69, 9.17) is 0 Å². The molecule has 6 aromatic rings. The van der Waals surface area contributed by atoms with Crippen molar-refractivity contribution < 1.29 is 0 Å². The Kier molecular flexibility index (Phi) is 6.02. The first-order valence-electron chi connectivity index (χ1n) is 15.1. The quantitative estimate of drug-likeness (QED) is 0.215. The summed E-state index contributed by atoms with van der Waals surface area (Å²) in [6, 6.07) is 36.5. The normalized spacial score (nSPS) is 20.4. The Labute approximate surface area is 251 Å². The average Bonchev–Trinajstić information content (AvgIpc) is 3.57. The molecule has 3 heteroatoms. The molecule has 1 atom stereocenters. The van der Waals surface area contributed by atoms with Crippen molar-refractivity contribution in [2.45, 2.75) is 26.2 Å². The maximum Gasteiger partial charge on any atom is 0.0991 e. The van der Waals surface area contributed by atoms with Gasteiger partial charge in [0.15, 0.2) is 0 Å². The van der Waals surface area contributed by atoms with Crippen LogP contribution in [0.15, 0.2) is 121 Å². The van der Waals surface area contributed by atoms with E-state index in [9.17, 15) is 5.26 Å². The minimum absolute atomic E-state index is 0.251. The summed E-state index contributed by atoms with van der Waals surface area (Å²) in [6.45, 7) is 2.34. The van der Waals surface area contributed by atoms with Crippen LogP contribution in [0.25, 0.3) is 55.8 Å². The monoisotopic (exact) mass is 553 g/mol. The third-order valence-corrected chi connectivity index (χ3v) is 9.07. The molecule has 2 heterocycles. The molecule has 2 aliphatic carbocycles. The maximum absolute atomic E-state index is 9.78. The second kappa shape index (κ2) is 10.2. The van der Waals surface area contributed by atoms with Crippen LogP contribution in [0.3, 0.4) is 0 Å². The second-order valence-corrected chi connectivity index (χ2v) is 11.7. The van der Waals surface area contributed by atoms with Crippen LogP contribution in [0.2, 0.25) is 0 Å². The summed E-state index contributed by atoms with van der Waals surface area (Å²) in [5.74, 6) is 0.251. The number of nitrogens with zero attached hydrogens (tertiary/aromatic N) is 3. The van der Waals surface area contributed by atoms with E-state index >= 15 is 0 Å². The van der Waals surface area contributed by atoms with Gasteiger partial charge in [-0.1, -0.05) is 85.8 Å². The van der Waals surface area contributed by atoms with Gasteiger partial charge in [-0.15, -0.1) is 0 Å². The summed E-state index contributed by atoms with van der Waals surface area (Å²) in [5, 5.41) is 13.6. The Morgan fingerprint density at radius 2 is 1.42 bits per heavy atom. The molecular formula is C40H31N3. The van der Waals surface area contributed by atoms with E-state index in [2.05, 4.69) is 131 Å². The van der Waals surface area contributed by atoms with Crippen LogP contribution in [0.4, 0.5) is 0 Å². The predicted octanol–water partition coefficient (Wildman–Crippen LogP) is 10.1. The van der Waals surface area contributed by atoms with Crippen molar-refractivity contribution in [3.05, 3.63) is 144 Å². The molecule has 3 nitrogen and oxygen atoms in total. The van der Waals surface area contributed by atoms with E-state index in [0.717, 1.165) is 36.1 Å². The Morgan fingerprint density at radius 1 is 0.744 bits per heavy atom. The Hall–Kier alpha value is -5.33. The highest BCUT2D eigenvalue weighted by Crippen LogP contribution is 2.40. The van der Waals surface area contributed by atoms with Crippen LogP contribution >= 0.6 is 0 Å². The molecule has 0 bridgehead atoms. The first-order valence-corrected chi connectivity index (χ1v) is 15.1. The van der Waals surface area contributed by atoms with Gasteiger partial charge in [-0.25, -0.2) is 0 Å². The number of allylic oxidation sites excluding steroid dienone is 7. The lowest BCUT2D eigenvalue weighted by Crippen LogP contribution is -2.11. The van der Waals surface area contributed by atoms with Crippen LogP contribution in [0.1, 0.15) is 42.1 Å². The third kappa shape index (κ3) is 4.10. The van der Waals surface area contributed by atoms with E-state index < -0.39 is 0 Å². The predicted molar refractivity (Wildman–Crippen MR) is 180 cm³/mol. The molecule has 0 spiro atoms.